The number of ether oxygens (including phenoxy) is 1. The fourth-order valence-corrected chi connectivity index (χ4v) is 2.61. The zero-order valence-electron chi connectivity index (χ0n) is 14.4. The van der Waals surface area contributed by atoms with Gasteiger partial charge in [0.05, 0.1) is 15.6 Å². The maximum absolute atomic E-state index is 11.9. The quantitative estimate of drug-likeness (QED) is 0.467. The van der Waals surface area contributed by atoms with E-state index in [0.717, 1.165) is 5.56 Å². The van der Waals surface area contributed by atoms with Crippen LogP contribution in [-0.4, -0.2) is 33.2 Å². The van der Waals surface area contributed by atoms with Crippen molar-refractivity contribution in [3.05, 3.63) is 50.3 Å². The third-order valence-corrected chi connectivity index (χ3v) is 3.88. The van der Waals surface area contributed by atoms with Crippen molar-refractivity contribution in [3.8, 4) is 0 Å². The van der Waals surface area contributed by atoms with Crippen LogP contribution in [0.1, 0.15) is 17.0 Å². The molecule has 1 amide bonds. The van der Waals surface area contributed by atoms with Gasteiger partial charge >= 0.3 is 11.7 Å². The Morgan fingerprint density at radius 1 is 1.35 bits per heavy atom. The Bertz CT molecular complexity index is 878. The number of hydrogen-bond acceptors (Lipinski definition) is 6. The van der Waals surface area contributed by atoms with E-state index in [2.05, 4.69) is 10.4 Å². The summed E-state index contributed by atoms with van der Waals surface area (Å²) in [4.78, 5) is 34.1. The molecule has 0 saturated carbocycles. The highest BCUT2D eigenvalue weighted by atomic mass is 35.5. The van der Waals surface area contributed by atoms with E-state index in [0.29, 0.717) is 10.7 Å². The van der Waals surface area contributed by atoms with Gasteiger partial charge in [-0.1, -0.05) is 17.7 Å². The average molecular weight is 381 g/mol. The van der Waals surface area contributed by atoms with Crippen LogP contribution < -0.4 is 5.32 Å². The molecule has 2 rings (SSSR count). The highest BCUT2D eigenvalue weighted by Crippen LogP contribution is 2.23. The number of nitrogens with one attached hydrogen (secondary N) is 1. The SMILES string of the molecule is Cc1ccc(NC(=O)COC(=O)Cn2nc(C)c([N+](=O)[O-])c2C)c(Cl)c1. The average Bonchev–Trinajstić information content (AvgIpc) is 2.82. The summed E-state index contributed by atoms with van der Waals surface area (Å²) in [6.45, 7) is 3.98. The van der Waals surface area contributed by atoms with Crippen LogP contribution in [0.15, 0.2) is 18.2 Å². The van der Waals surface area contributed by atoms with Crippen molar-refractivity contribution in [3.63, 3.8) is 0 Å². The number of carbonyl (C=O) groups is 2. The summed E-state index contributed by atoms with van der Waals surface area (Å²) in [7, 11) is 0. The standard InChI is InChI=1S/C16H17ClN4O5/c1-9-4-5-13(12(17)6-9)18-14(22)8-26-15(23)7-20-11(3)16(21(24)25)10(2)19-20/h4-6H,7-8H2,1-3H3,(H,18,22). The first-order chi connectivity index (χ1) is 12.2. The minimum Gasteiger partial charge on any atom is -0.454 e. The number of carbonyl (C=O) groups excluding carboxylic acids is 2. The number of esters is 1. The Labute approximate surface area is 154 Å². The Balaban J connectivity index is 1.91. The molecule has 0 spiro atoms. The van der Waals surface area contributed by atoms with Crippen molar-refractivity contribution >= 4 is 34.9 Å². The van der Waals surface area contributed by atoms with E-state index >= 15 is 0 Å². The number of rotatable bonds is 6. The normalized spacial score (nSPS) is 10.5. The molecule has 10 heteroatoms. The van der Waals surface area contributed by atoms with Crippen LogP contribution in [0.5, 0.6) is 0 Å². The molecule has 26 heavy (non-hydrogen) atoms. The first-order valence-corrected chi connectivity index (χ1v) is 7.97. The minimum atomic E-state index is -0.740. The Kier molecular flexibility index (Phi) is 5.93. The van der Waals surface area contributed by atoms with Gasteiger partial charge in [-0.2, -0.15) is 5.10 Å². The molecule has 0 fully saturated rings. The lowest BCUT2D eigenvalue weighted by Gasteiger charge is -2.09. The Hall–Kier alpha value is -2.94. The molecule has 0 radical (unpaired) electrons. The predicted molar refractivity (Wildman–Crippen MR) is 94.1 cm³/mol. The van der Waals surface area contributed by atoms with Gasteiger partial charge in [-0.15, -0.1) is 0 Å². The van der Waals surface area contributed by atoms with E-state index in [1.807, 2.05) is 6.92 Å². The van der Waals surface area contributed by atoms with E-state index in [-0.39, 0.29) is 23.6 Å². The second-order valence-corrected chi connectivity index (χ2v) is 6.03. The summed E-state index contributed by atoms with van der Waals surface area (Å²) in [5.41, 5.74) is 1.64. The van der Waals surface area contributed by atoms with E-state index in [9.17, 15) is 19.7 Å². The van der Waals surface area contributed by atoms with E-state index in [1.54, 1.807) is 18.2 Å². The molecule has 0 aliphatic rings. The molecule has 2 aromatic rings. The zero-order valence-corrected chi connectivity index (χ0v) is 15.2. The topological polar surface area (TPSA) is 116 Å². The molecule has 0 aliphatic carbocycles. The van der Waals surface area contributed by atoms with Gasteiger partial charge in [-0.3, -0.25) is 24.4 Å². The lowest BCUT2D eigenvalue weighted by molar-refractivity contribution is -0.386. The van der Waals surface area contributed by atoms with Crippen molar-refractivity contribution < 1.29 is 19.2 Å². The largest absolute Gasteiger partial charge is 0.454 e. The monoisotopic (exact) mass is 380 g/mol. The summed E-state index contributed by atoms with van der Waals surface area (Å²) in [5.74, 6) is -1.29. The number of anilines is 1. The van der Waals surface area contributed by atoms with Gasteiger partial charge in [0, 0.05) is 0 Å². The smallest absolute Gasteiger partial charge is 0.328 e. The lowest BCUT2D eigenvalue weighted by Crippen LogP contribution is -2.23. The number of benzene rings is 1. The summed E-state index contributed by atoms with van der Waals surface area (Å²) in [6.07, 6.45) is 0. The highest BCUT2D eigenvalue weighted by Gasteiger charge is 2.23. The number of hydrogen-bond donors (Lipinski definition) is 1. The number of nitrogens with zero attached hydrogens (tertiary/aromatic N) is 3. The molecule has 138 valence electrons. The molecule has 0 atom stereocenters. The molecular formula is C16H17ClN4O5. The fraction of sp³-hybridized carbons (Fsp3) is 0.312. The van der Waals surface area contributed by atoms with Crippen LogP contribution in [0.2, 0.25) is 5.02 Å². The number of aryl methyl sites for hydroxylation is 2. The third-order valence-electron chi connectivity index (χ3n) is 3.57. The summed E-state index contributed by atoms with van der Waals surface area (Å²) >= 11 is 6.01. The molecule has 0 saturated heterocycles. The zero-order chi connectivity index (χ0) is 19.4. The van der Waals surface area contributed by atoms with Gasteiger partial charge in [-0.25, -0.2) is 0 Å². The minimum absolute atomic E-state index is 0.149. The van der Waals surface area contributed by atoms with Crippen LogP contribution in [0, 0.1) is 30.9 Å². The first kappa shape index (κ1) is 19.4. The Morgan fingerprint density at radius 3 is 2.62 bits per heavy atom. The van der Waals surface area contributed by atoms with E-state index < -0.39 is 23.4 Å². The first-order valence-electron chi connectivity index (χ1n) is 7.59. The molecule has 1 aromatic heterocycles. The second kappa shape index (κ2) is 7.96. The van der Waals surface area contributed by atoms with Crippen LogP contribution in [0.3, 0.4) is 0 Å². The molecule has 0 aliphatic heterocycles. The van der Waals surface area contributed by atoms with Gasteiger partial charge in [0.25, 0.3) is 5.91 Å². The maximum atomic E-state index is 11.9. The summed E-state index contributed by atoms with van der Waals surface area (Å²) < 4.78 is 6.05. The van der Waals surface area contributed by atoms with Crippen molar-refractivity contribution in [1.29, 1.82) is 0 Å². The van der Waals surface area contributed by atoms with E-state index in [1.165, 1.54) is 18.5 Å². The van der Waals surface area contributed by atoms with Gasteiger partial charge in [0.2, 0.25) is 0 Å². The van der Waals surface area contributed by atoms with Gasteiger partial charge < -0.3 is 10.1 Å². The number of amides is 1. The van der Waals surface area contributed by atoms with Crippen molar-refractivity contribution in [2.45, 2.75) is 27.3 Å². The number of aromatic nitrogens is 2. The highest BCUT2D eigenvalue weighted by molar-refractivity contribution is 6.33. The van der Waals surface area contributed by atoms with Crippen molar-refractivity contribution in [2.24, 2.45) is 0 Å². The molecule has 9 nitrogen and oxygen atoms in total. The van der Waals surface area contributed by atoms with Crippen molar-refractivity contribution in [2.75, 3.05) is 11.9 Å². The predicted octanol–water partition coefficient (Wildman–Crippen LogP) is 2.55. The van der Waals surface area contributed by atoms with E-state index in [4.69, 9.17) is 16.3 Å². The lowest BCUT2D eigenvalue weighted by atomic mass is 10.2. The summed E-state index contributed by atoms with van der Waals surface area (Å²) in [5, 5.41) is 17.8. The second-order valence-electron chi connectivity index (χ2n) is 5.63. The third kappa shape index (κ3) is 4.57. The fourth-order valence-electron chi connectivity index (χ4n) is 2.33. The molecule has 1 aromatic carbocycles. The molecular weight excluding hydrogens is 364 g/mol. The maximum Gasteiger partial charge on any atom is 0.328 e. The van der Waals surface area contributed by atoms with Crippen LogP contribution >= 0.6 is 11.6 Å². The van der Waals surface area contributed by atoms with Gasteiger partial charge in [0.1, 0.15) is 17.9 Å². The van der Waals surface area contributed by atoms with Gasteiger partial charge in [-0.05, 0) is 38.5 Å². The summed E-state index contributed by atoms with van der Waals surface area (Å²) in [6, 6.07) is 5.12. The number of nitro groups is 1. The Morgan fingerprint density at radius 2 is 2.04 bits per heavy atom. The molecule has 0 unspecified atom stereocenters. The molecule has 1 heterocycles. The van der Waals surface area contributed by atoms with Crippen molar-refractivity contribution in [1.82, 2.24) is 9.78 Å². The van der Waals surface area contributed by atoms with Crippen LogP contribution in [0.4, 0.5) is 11.4 Å². The van der Waals surface area contributed by atoms with Crippen LogP contribution in [-0.2, 0) is 20.9 Å². The molecule has 1 N–H and O–H groups in total. The molecule has 0 bridgehead atoms. The van der Waals surface area contributed by atoms with Gasteiger partial charge in [0.15, 0.2) is 6.61 Å². The number of halogens is 1. The van der Waals surface area contributed by atoms with Crippen LogP contribution in [0.25, 0.3) is 0 Å².